The first-order valence-corrected chi connectivity index (χ1v) is 13.6. The van der Waals surface area contributed by atoms with Crippen LogP contribution in [0.1, 0.15) is 60.6 Å². The molecule has 10 heteroatoms. The lowest BCUT2D eigenvalue weighted by Crippen LogP contribution is -2.54. The molecule has 1 aromatic heterocycles. The summed E-state index contributed by atoms with van der Waals surface area (Å²) in [7, 11) is 3.38. The van der Waals surface area contributed by atoms with E-state index in [2.05, 4.69) is 21.0 Å². The van der Waals surface area contributed by atoms with Crippen LogP contribution in [0.15, 0.2) is 30.5 Å². The topological polar surface area (TPSA) is 118 Å². The fourth-order valence-electron chi connectivity index (χ4n) is 6.45. The summed E-state index contributed by atoms with van der Waals surface area (Å²) < 4.78 is 7.10. The molecule has 38 heavy (non-hydrogen) atoms. The smallest absolute Gasteiger partial charge is 0.318 e. The highest BCUT2D eigenvalue weighted by Crippen LogP contribution is 2.38. The van der Waals surface area contributed by atoms with Gasteiger partial charge in [-0.05, 0) is 67.9 Å². The molecule has 0 bridgehead atoms. The molecule has 204 valence electrons. The van der Waals surface area contributed by atoms with Gasteiger partial charge in [-0.1, -0.05) is 25.3 Å². The lowest BCUT2D eigenvalue weighted by molar-refractivity contribution is -0.119. The Balaban J connectivity index is 1.33. The van der Waals surface area contributed by atoms with Crippen molar-refractivity contribution in [1.29, 1.82) is 0 Å². The Morgan fingerprint density at radius 1 is 1.18 bits per heavy atom. The van der Waals surface area contributed by atoms with Crippen LogP contribution in [-0.4, -0.2) is 70.4 Å². The highest BCUT2D eigenvalue weighted by atomic mass is 16.5. The molecular formula is C28H38N6O4. The molecule has 5 rings (SSSR count). The third-order valence-corrected chi connectivity index (χ3v) is 8.31. The van der Waals surface area contributed by atoms with Crippen molar-refractivity contribution in [3.63, 3.8) is 0 Å². The first-order valence-electron chi connectivity index (χ1n) is 13.6. The van der Waals surface area contributed by atoms with Crippen LogP contribution >= 0.6 is 0 Å². The summed E-state index contributed by atoms with van der Waals surface area (Å²) in [5.74, 6) is -0.422. The predicted octanol–water partition coefficient (Wildman–Crippen LogP) is 2.63. The molecule has 2 fully saturated rings. The third kappa shape index (κ3) is 5.14. The molecule has 2 heterocycles. The molecule has 3 N–H and O–H groups in total. The average molecular weight is 523 g/mol. The van der Waals surface area contributed by atoms with Gasteiger partial charge < -0.3 is 25.6 Å². The van der Waals surface area contributed by atoms with E-state index in [4.69, 9.17) is 4.74 Å². The summed E-state index contributed by atoms with van der Waals surface area (Å²) in [6.07, 6.45) is 8.01. The molecule has 2 aromatic rings. The van der Waals surface area contributed by atoms with Gasteiger partial charge in [0.05, 0.1) is 12.1 Å². The number of benzene rings is 1. The van der Waals surface area contributed by atoms with Gasteiger partial charge in [0.15, 0.2) is 0 Å². The number of fused-ring (bicyclic) bond motifs is 1. The maximum Gasteiger partial charge on any atom is 0.318 e. The maximum atomic E-state index is 13.6. The number of methoxy groups -OCH3 is 1. The Kier molecular flexibility index (Phi) is 7.43. The van der Waals surface area contributed by atoms with Crippen molar-refractivity contribution < 1.29 is 19.1 Å². The summed E-state index contributed by atoms with van der Waals surface area (Å²) in [4.78, 5) is 41.2. The minimum atomic E-state index is -0.631. The van der Waals surface area contributed by atoms with Gasteiger partial charge in [-0.25, -0.2) is 4.79 Å². The van der Waals surface area contributed by atoms with Crippen LogP contribution in [0.5, 0.6) is 0 Å². The fourth-order valence-corrected chi connectivity index (χ4v) is 6.45. The van der Waals surface area contributed by atoms with Crippen molar-refractivity contribution in [2.45, 2.75) is 69.5 Å². The van der Waals surface area contributed by atoms with E-state index in [0.29, 0.717) is 37.4 Å². The Morgan fingerprint density at radius 3 is 2.61 bits per heavy atom. The largest absolute Gasteiger partial charge is 0.382 e. The minimum absolute atomic E-state index is 0.0598. The number of amides is 4. The van der Waals surface area contributed by atoms with Crippen LogP contribution < -0.4 is 16.0 Å². The summed E-state index contributed by atoms with van der Waals surface area (Å²) >= 11 is 0. The number of aromatic nitrogens is 2. The van der Waals surface area contributed by atoms with Gasteiger partial charge in [-0.15, -0.1) is 0 Å². The van der Waals surface area contributed by atoms with Crippen molar-refractivity contribution in [2.24, 2.45) is 13.0 Å². The lowest BCUT2D eigenvalue weighted by Gasteiger charge is -2.37. The molecule has 1 saturated heterocycles. The zero-order chi connectivity index (χ0) is 26.9. The van der Waals surface area contributed by atoms with E-state index in [0.717, 1.165) is 43.2 Å². The number of hydrogen-bond acceptors (Lipinski definition) is 5. The number of hydrogen-bond donors (Lipinski definition) is 3. The van der Waals surface area contributed by atoms with E-state index < -0.39 is 11.6 Å². The maximum absolute atomic E-state index is 13.6. The highest BCUT2D eigenvalue weighted by Gasteiger charge is 2.47. The predicted molar refractivity (Wildman–Crippen MR) is 143 cm³/mol. The molecule has 3 atom stereocenters. The van der Waals surface area contributed by atoms with Crippen LogP contribution in [0.2, 0.25) is 0 Å². The second kappa shape index (κ2) is 10.8. The van der Waals surface area contributed by atoms with Crippen molar-refractivity contribution in [1.82, 2.24) is 25.3 Å². The van der Waals surface area contributed by atoms with Crippen molar-refractivity contribution in [3.05, 3.63) is 47.3 Å². The van der Waals surface area contributed by atoms with Gasteiger partial charge in [0.1, 0.15) is 11.7 Å². The molecule has 10 nitrogen and oxygen atoms in total. The zero-order valence-electron chi connectivity index (χ0n) is 22.5. The second-order valence-electron chi connectivity index (χ2n) is 11.1. The standard InChI is InChI=1S/C28H38N6O4/c1-18-16-34(27(37)30-18)28(17-38-3)14-20-9-10-22(13-21(20)15-28)31-26(36)24(19-7-5-4-6-8-19)32-25(35)23-11-12-29-33(23)2/h9-13,18-19,24H,4-8,14-17H2,1-3H3,(H,30,37)(H,31,36)(H,32,35)/t18?,24-,28?/m0/s1. The van der Waals surface area contributed by atoms with E-state index in [1.54, 1.807) is 26.4 Å². The van der Waals surface area contributed by atoms with Crippen molar-refractivity contribution in [2.75, 3.05) is 25.6 Å². The molecule has 1 aliphatic heterocycles. The number of rotatable bonds is 8. The molecule has 1 aromatic carbocycles. The Hall–Kier alpha value is -3.40. The Labute approximate surface area is 223 Å². The molecule has 0 radical (unpaired) electrons. The first-order chi connectivity index (χ1) is 18.3. The molecular weight excluding hydrogens is 484 g/mol. The van der Waals surface area contributed by atoms with E-state index >= 15 is 0 Å². The lowest BCUT2D eigenvalue weighted by atomic mass is 9.83. The van der Waals surface area contributed by atoms with E-state index in [1.165, 1.54) is 4.68 Å². The molecule has 0 spiro atoms. The zero-order valence-corrected chi connectivity index (χ0v) is 22.5. The third-order valence-electron chi connectivity index (χ3n) is 8.31. The average Bonchev–Trinajstić information content (AvgIpc) is 3.59. The number of nitrogens with one attached hydrogen (secondary N) is 3. The minimum Gasteiger partial charge on any atom is -0.382 e. The molecule has 2 unspecified atom stereocenters. The van der Waals surface area contributed by atoms with Gasteiger partial charge in [-0.3, -0.25) is 14.3 Å². The number of ether oxygens (including phenoxy) is 1. The highest BCUT2D eigenvalue weighted by molar-refractivity contribution is 6.00. The van der Waals surface area contributed by atoms with Crippen LogP contribution in [-0.2, 0) is 29.4 Å². The van der Waals surface area contributed by atoms with E-state index in [9.17, 15) is 14.4 Å². The summed E-state index contributed by atoms with van der Waals surface area (Å²) in [6, 6.07) is 7.00. The van der Waals surface area contributed by atoms with Gasteiger partial charge in [0.2, 0.25) is 5.91 Å². The molecule has 1 saturated carbocycles. The van der Waals surface area contributed by atoms with Crippen molar-refractivity contribution in [3.8, 4) is 0 Å². The van der Waals surface area contributed by atoms with Gasteiger partial charge in [0, 0.05) is 38.6 Å². The molecule has 3 aliphatic rings. The second-order valence-corrected chi connectivity index (χ2v) is 11.1. The Morgan fingerprint density at radius 2 is 1.95 bits per heavy atom. The molecule has 4 amide bonds. The first kappa shape index (κ1) is 26.2. The van der Waals surface area contributed by atoms with Crippen LogP contribution in [0, 0.1) is 5.92 Å². The molecule has 2 aliphatic carbocycles. The number of carbonyl (C=O) groups is 3. The normalized spacial score (nSPS) is 24.1. The van der Waals surface area contributed by atoms with Gasteiger partial charge >= 0.3 is 6.03 Å². The SMILES string of the molecule is COCC1(N2CC(C)NC2=O)Cc2ccc(NC(=O)[C@@H](NC(=O)c3ccnn3C)C3CCCCC3)cc2C1. The van der Waals surface area contributed by atoms with Crippen LogP contribution in [0.4, 0.5) is 10.5 Å². The van der Waals surface area contributed by atoms with E-state index in [1.807, 2.05) is 30.0 Å². The Bertz CT molecular complexity index is 1210. The van der Waals surface area contributed by atoms with E-state index in [-0.39, 0.29) is 29.8 Å². The number of urea groups is 1. The van der Waals surface area contributed by atoms with Crippen LogP contribution in [0.25, 0.3) is 0 Å². The quantitative estimate of drug-likeness (QED) is 0.493. The van der Waals surface area contributed by atoms with Crippen molar-refractivity contribution >= 4 is 23.5 Å². The summed E-state index contributed by atoms with van der Waals surface area (Å²) in [5, 5.41) is 13.2. The number of nitrogens with zero attached hydrogens (tertiary/aromatic N) is 3. The number of carbonyl (C=O) groups excluding carboxylic acids is 3. The number of anilines is 1. The fraction of sp³-hybridized carbons (Fsp3) is 0.571. The number of aryl methyl sites for hydroxylation is 1. The van der Waals surface area contributed by atoms with Gasteiger partial charge in [-0.2, -0.15) is 5.10 Å². The monoisotopic (exact) mass is 522 g/mol. The van der Waals surface area contributed by atoms with Gasteiger partial charge in [0.25, 0.3) is 5.91 Å². The summed E-state index contributed by atoms with van der Waals surface area (Å²) in [5.41, 5.74) is 2.92. The summed E-state index contributed by atoms with van der Waals surface area (Å²) in [6.45, 7) is 3.08. The van der Waals surface area contributed by atoms with Crippen LogP contribution in [0.3, 0.4) is 0 Å².